The van der Waals surface area contributed by atoms with Gasteiger partial charge in [-0.15, -0.1) is 0 Å². The summed E-state index contributed by atoms with van der Waals surface area (Å²) < 4.78 is 5.66. The molecule has 11 amide bonds. The predicted octanol–water partition coefficient (Wildman–Crippen LogP) is -5.79. The molecule has 25 N–H and O–H groups in total. The van der Waals surface area contributed by atoms with Gasteiger partial charge in [0, 0.05) is 37.7 Å². The van der Waals surface area contributed by atoms with Crippen LogP contribution < -0.4 is 92.9 Å². The Bertz CT molecular complexity index is 2760. The number of aromatic amines is 1. The van der Waals surface area contributed by atoms with Crippen LogP contribution in [0.15, 0.2) is 42.9 Å². The fourth-order valence-electron chi connectivity index (χ4n) is 10.0. The zero-order valence-electron chi connectivity index (χ0n) is 54.8. The number of imidazole rings is 1. The van der Waals surface area contributed by atoms with E-state index in [1.807, 2.05) is 13.8 Å². The Morgan fingerprint density at radius 3 is 1.67 bits per heavy atom. The Morgan fingerprint density at radius 1 is 0.606 bits per heavy atom. The number of esters is 1. The second kappa shape index (κ2) is 42.2. The zero-order valence-corrected chi connectivity index (χ0v) is 54.8. The molecular weight excluding hydrogens is 1220 g/mol. The third kappa shape index (κ3) is 28.2. The molecule has 0 aliphatic carbocycles. The van der Waals surface area contributed by atoms with Crippen LogP contribution in [0.25, 0.3) is 0 Å². The molecule has 0 unspecified atom stereocenters. The summed E-state index contributed by atoms with van der Waals surface area (Å²) in [5, 5.41) is 39.2. The maximum Gasteiger partial charge on any atom is 0.323 e. The van der Waals surface area contributed by atoms with Gasteiger partial charge in [-0.25, -0.2) is 4.98 Å². The number of H-pyrrole nitrogens is 1. The van der Waals surface area contributed by atoms with E-state index in [-0.39, 0.29) is 96.4 Å². The van der Waals surface area contributed by atoms with Crippen molar-refractivity contribution in [2.75, 3.05) is 39.3 Å². The molecule has 1 fully saturated rings. The first-order valence-corrected chi connectivity index (χ1v) is 32.1. The van der Waals surface area contributed by atoms with E-state index in [1.165, 1.54) is 26.4 Å². The lowest BCUT2D eigenvalue weighted by Gasteiger charge is -2.30. The molecule has 94 heavy (non-hydrogen) atoms. The van der Waals surface area contributed by atoms with Crippen LogP contribution in [-0.2, 0) is 75.1 Å². The fourth-order valence-corrected chi connectivity index (χ4v) is 10.0. The minimum atomic E-state index is -1.81. The van der Waals surface area contributed by atoms with E-state index in [9.17, 15) is 62.6 Å². The minimum absolute atomic E-state index is 0.0283. The number of nitrogens with zero attached hydrogens (tertiary/aromatic N) is 1. The van der Waals surface area contributed by atoms with Gasteiger partial charge in [0.15, 0.2) is 0 Å². The number of nitrogens with two attached hydrogens (primary N) is 6. The highest BCUT2D eigenvalue weighted by atomic mass is 16.5. The summed E-state index contributed by atoms with van der Waals surface area (Å²) in [6.45, 7) is 8.74. The first kappa shape index (κ1) is 80.0. The summed E-state index contributed by atoms with van der Waals surface area (Å²) in [5.74, 6) is -10.9. The molecule has 0 spiro atoms. The summed E-state index contributed by atoms with van der Waals surface area (Å²) >= 11 is 0. The molecule has 0 saturated carbocycles. The lowest BCUT2D eigenvalue weighted by molar-refractivity contribution is -0.154. The van der Waals surface area contributed by atoms with Gasteiger partial charge in [-0.1, -0.05) is 70.9 Å². The highest BCUT2D eigenvalue weighted by molar-refractivity contribution is 5.99. The Hall–Kier alpha value is -8.21. The Morgan fingerprint density at radius 2 is 1.14 bits per heavy atom. The Balaban J connectivity index is 2.15. The van der Waals surface area contributed by atoms with Crippen LogP contribution in [0.3, 0.4) is 0 Å². The number of ether oxygens (including phenoxy) is 1. The predicted molar refractivity (Wildman–Crippen MR) is 346 cm³/mol. The number of aromatic nitrogens is 2. The van der Waals surface area contributed by atoms with Crippen molar-refractivity contribution in [2.24, 2.45) is 46.2 Å². The fraction of sp³-hybridized carbons (Fsp3) is 0.656. The van der Waals surface area contributed by atoms with Crippen molar-refractivity contribution in [1.82, 2.24) is 68.5 Å². The summed E-state index contributed by atoms with van der Waals surface area (Å²) in [6, 6.07) is -8.10. The van der Waals surface area contributed by atoms with E-state index in [1.54, 1.807) is 44.2 Å². The van der Waals surface area contributed by atoms with Crippen molar-refractivity contribution >= 4 is 70.9 Å². The molecule has 1 aromatic carbocycles. The normalized spacial score (nSPS) is 21.8. The molecule has 33 heteroatoms. The quantitative estimate of drug-likeness (QED) is 0.0240. The molecule has 1 aromatic heterocycles. The number of unbranched alkanes of at least 4 members (excludes halogenated alkanes) is 1. The standard InChI is InChI=1S/C61H103N19O14/c1-33(2)12-10-11-15-48(82)71-40(16-22-62)55(87)80-50(36(6)94-61(93)39(67)30-38-31-68-32-70-38)60(92)76-43(19-25-65)52(84)75-45-21-27-69-59(91)49(35(5)81)79-56(88)44(20-26-66)73-51(83)41(17-23-63)74-57(89)46(28-34(3)4)77-58(90)47(29-37-13-8-7-9-14-37)78-53(85)42(18-24-64)72-54(45)86/h7-9,13-14,31-36,39-47,49-50,81H,10-12,15-30,62-67H2,1-6H3,(H,68,70)(H,69,91)(H,71,82)(H,72,86)(H,73,83)(H,74,89)(H,75,84)(H,76,92)(H,77,90)(H,78,85)(H,79,88)(H,80,87)/t35-,36-,39+,40+,41+,42+,43+,44+,45+,46+,47-,49+,50+/m1/s1. The molecule has 0 radical (unpaired) electrons. The lowest BCUT2D eigenvalue weighted by Crippen LogP contribution is -2.62. The van der Waals surface area contributed by atoms with E-state index >= 15 is 0 Å². The van der Waals surface area contributed by atoms with Crippen LogP contribution >= 0.6 is 0 Å². The van der Waals surface area contributed by atoms with Crippen molar-refractivity contribution in [3.8, 4) is 0 Å². The number of rotatable bonds is 32. The molecule has 33 nitrogen and oxygen atoms in total. The number of carbonyl (C=O) groups is 12. The number of carbonyl (C=O) groups excluding carboxylic acids is 12. The van der Waals surface area contributed by atoms with Gasteiger partial charge >= 0.3 is 5.97 Å². The number of hydrogen-bond acceptors (Lipinski definition) is 21. The monoisotopic (exact) mass is 1330 g/mol. The van der Waals surface area contributed by atoms with Gasteiger partial charge in [0.25, 0.3) is 0 Å². The number of nitrogens with one attached hydrogen (secondary N) is 12. The second-order valence-corrected chi connectivity index (χ2v) is 24.2. The van der Waals surface area contributed by atoms with Crippen molar-refractivity contribution in [3.05, 3.63) is 54.1 Å². The molecule has 2 aromatic rings. The summed E-state index contributed by atoms with van der Waals surface area (Å²) in [7, 11) is 0. The van der Waals surface area contributed by atoms with Crippen molar-refractivity contribution in [3.63, 3.8) is 0 Å². The number of aliphatic hydroxyl groups is 1. The van der Waals surface area contributed by atoms with Crippen LogP contribution in [0.2, 0.25) is 0 Å². The molecule has 0 bridgehead atoms. The van der Waals surface area contributed by atoms with Crippen LogP contribution in [0.5, 0.6) is 0 Å². The third-order valence-corrected chi connectivity index (χ3v) is 15.2. The molecule has 13 atom stereocenters. The first-order chi connectivity index (χ1) is 44.7. The molecule has 1 aliphatic heterocycles. The van der Waals surface area contributed by atoms with Crippen molar-refractivity contribution in [2.45, 2.75) is 204 Å². The van der Waals surface area contributed by atoms with Gasteiger partial charge in [-0.2, -0.15) is 0 Å². The van der Waals surface area contributed by atoms with Gasteiger partial charge in [0.1, 0.15) is 72.6 Å². The maximum atomic E-state index is 14.8. The largest absolute Gasteiger partial charge is 0.459 e. The van der Waals surface area contributed by atoms with Gasteiger partial charge < -0.3 is 108 Å². The van der Waals surface area contributed by atoms with Gasteiger partial charge in [0.2, 0.25) is 65.0 Å². The van der Waals surface area contributed by atoms with E-state index in [2.05, 4.69) is 68.5 Å². The number of aliphatic hydroxyl groups excluding tert-OH is 1. The molecule has 2 heterocycles. The van der Waals surface area contributed by atoms with Gasteiger partial charge in [-0.3, -0.25) is 57.5 Å². The number of benzene rings is 1. The zero-order chi connectivity index (χ0) is 70.0. The van der Waals surface area contributed by atoms with E-state index in [4.69, 9.17) is 39.1 Å². The van der Waals surface area contributed by atoms with E-state index < -0.39 is 163 Å². The molecule has 526 valence electrons. The SMILES string of the molecule is CC(C)CCCCC(=O)N[C@@H](CCN)C(=O)N[C@H](C(=O)N[C@@H](CCN)C(=O)N[C@H]1CCNC(=O)[C@H]([C@@H](C)O)NC(=O)[C@H](CCN)NC(=O)[C@H](CCN)NC(=O)[C@H](CC(C)C)NC(=O)[C@@H](Cc2ccccc2)NC(=O)[C@H](CCN)NC1=O)[C@@H](C)OC(=O)[C@@H](N)Cc1cnc[nH]1. The molecular formula is C61H103N19O14. The first-order valence-electron chi connectivity index (χ1n) is 32.1. The van der Waals surface area contributed by atoms with Crippen LogP contribution in [-0.4, -0.2) is 204 Å². The van der Waals surface area contributed by atoms with Gasteiger partial charge in [0.05, 0.1) is 12.4 Å². The number of hydrogen-bond donors (Lipinski definition) is 19. The van der Waals surface area contributed by atoms with Crippen LogP contribution in [0.4, 0.5) is 0 Å². The summed E-state index contributed by atoms with van der Waals surface area (Å²) in [4.78, 5) is 177. The smallest absolute Gasteiger partial charge is 0.323 e. The summed E-state index contributed by atoms with van der Waals surface area (Å²) in [5.41, 5.74) is 36.9. The highest BCUT2D eigenvalue weighted by Crippen LogP contribution is 2.14. The topological polar surface area (TPSA) is 551 Å². The Labute approximate surface area is 548 Å². The average Bonchev–Trinajstić information content (AvgIpc) is 1.000. The molecule has 3 rings (SSSR count). The van der Waals surface area contributed by atoms with Crippen LogP contribution in [0, 0.1) is 11.8 Å². The molecule has 1 saturated heterocycles. The molecule has 1 aliphatic rings. The van der Waals surface area contributed by atoms with Crippen LogP contribution in [0.1, 0.15) is 123 Å². The van der Waals surface area contributed by atoms with Crippen molar-refractivity contribution < 1.29 is 67.4 Å². The highest BCUT2D eigenvalue weighted by Gasteiger charge is 2.39. The third-order valence-electron chi connectivity index (χ3n) is 15.2. The second-order valence-electron chi connectivity index (χ2n) is 24.2. The minimum Gasteiger partial charge on any atom is -0.459 e. The van der Waals surface area contributed by atoms with Crippen molar-refractivity contribution in [1.29, 1.82) is 0 Å². The lowest BCUT2D eigenvalue weighted by atomic mass is 10.00. The average molecular weight is 1330 g/mol. The van der Waals surface area contributed by atoms with E-state index in [0.29, 0.717) is 23.6 Å². The van der Waals surface area contributed by atoms with Gasteiger partial charge in [-0.05, 0) is 115 Å². The summed E-state index contributed by atoms with van der Waals surface area (Å²) in [6.07, 6.45) is 0.207. The Kier molecular flexibility index (Phi) is 35.9. The maximum absolute atomic E-state index is 14.8. The van der Waals surface area contributed by atoms with E-state index in [0.717, 1.165) is 12.8 Å². The number of amides is 11.